The molecule has 1 atom stereocenters. The molecule has 0 amide bonds. The van der Waals surface area contributed by atoms with Gasteiger partial charge in [-0.15, -0.1) is 0 Å². The summed E-state index contributed by atoms with van der Waals surface area (Å²) in [5, 5.41) is 13.1. The molecule has 0 radical (unpaired) electrons. The van der Waals surface area contributed by atoms with E-state index in [2.05, 4.69) is 29.4 Å². The van der Waals surface area contributed by atoms with Crippen molar-refractivity contribution in [3.05, 3.63) is 101 Å². The van der Waals surface area contributed by atoms with Crippen LogP contribution in [0.5, 0.6) is 5.75 Å². The lowest BCUT2D eigenvalue weighted by Crippen LogP contribution is -2.15. The van der Waals surface area contributed by atoms with E-state index in [9.17, 15) is 4.79 Å². The maximum atomic E-state index is 10.7. The molecule has 1 aliphatic rings. The molecule has 0 aromatic heterocycles. The Morgan fingerprint density at radius 1 is 1.00 bits per heavy atom. The van der Waals surface area contributed by atoms with Crippen molar-refractivity contribution in [1.29, 1.82) is 0 Å². The number of ether oxygens (including phenoxy) is 1. The van der Waals surface area contributed by atoms with E-state index < -0.39 is 5.97 Å². The Hall–Kier alpha value is -3.60. The molecular weight excluding hydrogens is 402 g/mol. The van der Waals surface area contributed by atoms with E-state index in [0.717, 1.165) is 36.8 Å². The van der Waals surface area contributed by atoms with Crippen LogP contribution >= 0.6 is 0 Å². The molecule has 1 N–H and O–H groups in total. The van der Waals surface area contributed by atoms with E-state index >= 15 is 0 Å². The summed E-state index contributed by atoms with van der Waals surface area (Å²) in [5.41, 5.74) is 4.67. The molecule has 0 spiro atoms. The fraction of sp³-hybridized carbons (Fsp3) is 0.259. The van der Waals surface area contributed by atoms with Crippen molar-refractivity contribution in [1.82, 2.24) is 0 Å². The molecule has 0 saturated carbocycles. The number of hydrogen-bond acceptors (Lipinski definition) is 4. The van der Waals surface area contributed by atoms with Gasteiger partial charge in [0.25, 0.3) is 0 Å². The zero-order valence-corrected chi connectivity index (χ0v) is 17.9. The van der Waals surface area contributed by atoms with Crippen LogP contribution in [0.2, 0.25) is 0 Å². The third-order valence-electron chi connectivity index (χ3n) is 5.75. The smallest absolute Gasteiger partial charge is 0.341 e. The maximum Gasteiger partial charge on any atom is 0.341 e. The summed E-state index contributed by atoms with van der Waals surface area (Å²) in [4.78, 5) is 16.7. The highest BCUT2D eigenvalue weighted by atomic mass is 16.6. The summed E-state index contributed by atoms with van der Waals surface area (Å²) in [5.74, 6) is 0.106. The molecule has 1 aliphatic carbocycles. The topological polar surface area (TPSA) is 68.1 Å². The Balaban J connectivity index is 1.36. The van der Waals surface area contributed by atoms with Gasteiger partial charge < -0.3 is 14.7 Å². The molecule has 3 aromatic rings. The number of rotatable bonds is 9. The number of benzene rings is 3. The van der Waals surface area contributed by atoms with E-state index in [1.807, 2.05) is 60.8 Å². The number of carboxylic acids is 1. The van der Waals surface area contributed by atoms with Crippen LogP contribution in [0, 0.1) is 5.92 Å². The van der Waals surface area contributed by atoms with E-state index in [-0.39, 0.29) is 12.7 Å². The first-order chi connectivity index (χ1) is 15.7. The van der Waals surface area contributed by atoms with Crippen molar-refractivity contribution in [3.63, 3.8) is 0 Å². The van der Waals surface area contributed by atoms with Gasteiger partial charge in [-0.1, -0.05) is 71.9 Å². The number of aliphatic carboxylic acids is 1. The number of carbonyl (C=O) groups is 1. The Bertz CT molecular complexity index is 1010. The Kier molecular flexibility index (Phi) is 7.18. The average molecular weight is 430 g/mol. The summed E-state index contributed by atoms with van der Waals surface area (Å²) in [7, 11) is 0. The average Bonchev–Trinajstić information content (AvgIpc) is 2.83. The van der Waals surface area contributed by atoms with Gasteiger partial charge in [0.05, 0.1) is 0 Å². The molecule has 1 unspecified atom stereocenters. The lowest BCUT2D eigenvalue weighted by molar-refractivity contribution is -0.139. The monoisotopic (exact) mass is 429 g/mol. The van der Waals surface area contributed by atoms with Crippen LogP contribution in [-0.4, -0.2) is 23.9 Å². The standard InChI is InChI=1S/C27H27NO4/c29-26(30)19-31-25-14-13-21-12-11-20(17-24(21)18-25)15-16-28-32-27(22-7-3-1-4-8-22)23-9-5-2-6-10-23/h1-10,13-14,16,18,20,27H,11-12,15,17,19H2,(H,29,30). The molecule has 32 heavy (non-hydrogen) atoms. The largest absolute Gasteiger partial charge is 0.482 e. The van der Waals surface area contributed by atoms with Gasteiger partial charge >= 0.3 is 5.97 Å². The van der Waals surface area contributed by atoms with Crippen LogP contribution in [0.1, 0.15) is 41.2 Å². The minimum atomic E-state index is -0.971. The van der Waals surface area contributed by atoms with Gasteiger partial charge in [-0.05, 0) is 66.0 Å². The second-order valence-electron chi connectivity index (χ2n) is 8.05. The summed E-state index contributed by atoms with van der Waals surface area (Å²) in [6.07, 6.45) is 5.48. The third-order valence-corrected chi connectivity index (χ3v) is 5.75. The molecular formula is C27H27NO4. The number of nitrogens with zero attached hydrogens (tertiary/aromatic N) is 1. The minimum Gasteiger partial charge on any atom is -0.482 e. The summed E-state index contributed by atoms with van der Waals surface area (Å²) >= 11 is 0. The molecule has 0 fully saturated rings. The predicted molar refractivity (Wildman–Crippen MR) is 124 cm³/mol. The maximum absolute atomic E-state index is 10.7. The first-order valence-electron chi connectivity index (χ1n) is 10.9. The van der Waals surface area contributed by atoms with Gasteiger partial charge in [0, 0.05) is 6.21 Å². The van der Waals surface area contributed by atoms with E-state index in [1.54, 1.807) is 0 Å². The van der Waals surface area contributed by atoms with Gasteiger partial charge in [-0.25, -0.2) is 4.79 Å². The number of aryl methyl sites for hydroxylation is 1. The van der Waals surface area contributed by atoms with Crippen molar-refractivity contribution in [2.45, 2.75) is 31.8 Å². The SMILES string of the molecule is O=C(O)COc1ccc2c(c1)CC(CC=NOC(c1ccccc1)c1ccccc1)CC2. The Morgan fingerprint density at radius 3 is 2.34 bits per heavy atom. The fourth-order valence-corrected chi connectivity index (χ4v) is 4.11. The van der Waals surface area contributed by atoms with Crippen molar-refractivity contribution in [2.24, 2.45) is 11.1 Å². The predicted octanol–water partition coefficient (Wildman–Crippen LogP) is 5.44. The zero-order chi connectivity index (χ0) is 22.2. The van der Waals surface area contributed by atoms with Crippen LogP contribution in [0.15, 0.2) is 84.0 Å². The Morgan fingerprint density at radius 2 is 1.69 bits per heavy atom. The quantitative estimate of drug-likeness (QED) is 0.363. The lowest BCUT2D eigenvalue weighted by atomic mass is 9.82. The number of hydrogen-bond donors (Lipinski definition) is 1. The van der Waals surface area contributed by atoms with Gasteiger partial charge in [-0.2, -0.15) is 0 Å². The highest BCUT2D eigenvalue weighted by Crippen LogP contribution is 2.30. The first-order valence-corrected chi connectivity index (χ1v) is 10.9. The second-order valence-corrected chi connectivity index (χ2v) is 8.05. The number of oxime groups is 1. The van der Waals surface area contributed by atoms with Crippen molar-refractivity contribution in [3.8, 4) is 5.75 Å². The first kappa shape index (κ1) is 21.6. The highest BCUT2D eigenvalue weighted by molar-refractivity contribution is 5.68. The van der Waals surface area contributed by atoms with Crippen LogP contribution in [-0.2, 0) is 22.5 Å². The molecule has 0 heterocycles. The fourth-order valence-electron chi connectivity index (χ4n) is 4.11. The zero-order valence-electron chi connectivity index (χ0n) is 17.9. The normalized spacial score (nSPS) is 15.5. The molecule has 3 aromatic carbocycles. The van der Waals surface area contributed by atoms with Gasteiger partial charge in [-0.3, -0.25) is 0 Å². The molecule has 0 bridgehead atoms. The number of fused-ring (bicyclic) bond motifs is 1. The molecule has 4 rings (SSSR count). The van der Waals surface area contributed by atoms with Crippen LogP contribution in [0.25, 0.3) is 0 Å². The van der Waals surface area contributed by atoms with Crippen LogP contribution < -0.4 is 4.74 Å². The van der Waals surface area contributed by atoms with E-state index in [4.69, 9.17) is 14.7 Å². The van der Waals surface area contributed by atoms with Crippen molar-refractivity contribution in [2.75, 3.05) is 6.61 Å². The molecule has 5 nitrogen and oxygen atoms in total. The van der Waals surface area contributed by atoms with Gasteiger partial charge in [0.2, 0.25) is 0 Å². The summed E-state index contributed by atoms with van der Waals surface area (Å²) in [6.45, 7) is -0.323. The Labute approximate surface area is 188 Å². The molecule has 5 heteroatoms. The van der Waals surface area contributed by atoms with Crippen LogP contribution in [0.4, 0.5) is 0 Å². The minimum absolute atomic E-state index is 0.241. The molecule has 0 aliphatic heterocycles. The number of carboxylic acid groups (broad SMARTS) is 1. The molecule has 164 valence electrons. The van der Waals surface area contributed by atoms with Gasteiger partial charge in [0.15, 0.2) is 12.7 Å². The van der Waals surface area contributed by atoms with Gasteiger partial charge in [0.1, 0.15) is 5.75 Å². The van der Waals surface area contributed by atoms with Crippen LogP contribution in [0.3, 0.4) is 0 Å². The summed E-state index contributed by atoms with van der Waals surface area (Å²) in [6, 6.07) is 26.1. The lowest BCUT2D eigenvalue weighted by Gasteiger charge is -2.24. The third kappa shape index (κ3) is 5.76. The van der Waals surface area contributed by atoms with Crippen molar-refractivity contribution >= 4 is 12.2 Å². The van der Waals surface area contributed by atoms with E-state index in [1.165, 1.54) is 11.1 Å². The van der Waals surface area contributed by atoms with E-state index in [0.29, 0.717) is 11.7 Å². The highest BCUT2D eigenvalue weighted by Gasteiger charge is 2.19. The molecule has 0 saturated heterocycles. The summed E-state index contributed by atoms with van der Waals surface area (Å²) < 4.78 is 5.33. The second kappa shape index (κ2) is 10.6. The van der Waals surface area contributed by atoms with Crippen molar-refractivity contribution < 1.29 is 19.5 Å².